The predicted molar refractivity (Wildman–Crippen MR) is 173 cm³/mol. The molecule has 5 rings (SSSR count). The highest BCUT2D eigenvalue weighted by Gasteiger charge is 2.11. The van der Waals surface area contributed by atoms with Gasteiger partial charge < -0.3 is 15.4 Å². The van der Waals surface area contributed by atoms with E-state index in [0.717, 1.165) is 31.4 Å². The van der Waals surface area contributed by atoms with E-state index >= 15 is 0 Å². The summed E-state index contributed by atoms with van der Waals surface area (Å²) in [7, 11) is 0. The molecule has 41 heavy (non-hydrogen) atoms. The van der Waals surface area contributed by atoms with Crippen molar-refractivity contribution in [2.24, 2.45) is 5.10 Å². The summed E-state index contributed by atoms with van der Waals surface area (Å²) in [5.74, 6) is 1.60. The smallest absolute Gasteiger partial charge is 0.250 e. The van der Waals surface area contributed by atoms with Gasteiger partial charge in [-0.05, 0) is 86.0 Å². The predicted octanol–water partition coefficient (Wildman–Crippen LogP) is 9.22. The highest BCUT2D eigenvalue weighted by molar-refractivity contribution is 9.11. The lowest BCUT2D eigenvalue weighted by atomic mass is 10.2. The molecular weight excluding hydrogens is 693 g/mol. The standard InChI is InChI=1S/C29H21Br2Cl2N7O/c30-23-13-18(14-24(31)26(23)41-17-19-11-12-20(32)15-25(19)33)16-34-40-29-38-27(35-21-7-3-1-4-8-21)37-28(39-29)36-22-9-5-2-6-10-22/h1-16H,17H2,(H3,35,36,37,38,39,40). The summed E-state index contributed by atoms with van der Waals surface area (Å²) in [6, 6.07) is 28.3. The molecule has 206 valence electrons. The van der Waals surface area contributed by atoms with Gasteiger partial charge in [0.2, 0.25) is 17.8 Å². The molecule has 0 aliphatic rings. The van der Waals surface area contributed by atoms with E-state index in [1.807, 2.05) is 78.9 Å². The molecule has 4 aromatic carbocycles. The average molecular weight is 714 g/mol. The maximum Gasteiger partial charge on any atom is 0.250 e. The van der Waals surface area contributed by atoms with E-state index in [-0.39, 0.29) is 12.6 Å². The first-order chi connectivity index (χ1) is 19.9. The van der Waals surface area contributed by atoms with Crippen LogP contribution in [0.2, 0.25) is 10.0 Å². The molecule has 0 fully saturated rings. The quantitative estimate of drug-likeness (QED) is 0.0981. The van der Waals surface area contributed by atoms with Crippen molar-refractivity contribution in [3.05, 3.63) is 121 Å². The number of aromatic nitrogens is 3. The average Bonchev–Trinajstić information content (AvgIpc) is 2.95. The summed E-state index contributed by atoms with van der Waals surface area (Å²) in [5, 5.41) is 11.8. The summed E-state index contributed by atoms with van der Waals surface area (Å²) in [5.41, 5.74) is 6.20. The topological polar surface area (TPSA) is 96.4 Å². The summed E-state index contributed by atoms with van der Waals surface area (Å²) in [6.45, 7) is 0.278. The van der Waals surface area contributed by atoms with Crippen LogP contribution in [0, 0.1) is 0 Å². The van der Waals surface area contributed by atoms with E-state index in [4.69, 9.17) is 27.9 Å². The van der Waals surface area contributed by atoms with Gasteiger partial charge in [0, 0.05) is 27.0 Å². The van der Waals surface area contributed by atoms with Gasteiger partial charge in [-0.1, -0.05) is 65.7 Å². The van der Waals surface area contributed by atoms with Gasteiger partial charge in [0.25, 0.3) is 0 Å². The molecule has 8 nitrogen and oxygen atoms in total. The van der Waals surface area contributed by atoms with Gasteiger partial charge in [0.15, 0.2) is 0 Å². The van der Waals surface area contributed by atoms with Crippen LogP contribution in [0.25, 0.3) is 0 Å². The Morgan fingerprint density at radius 2 is 1.29 bits per heavy atom. The van der Waals surface area contributed by atoms with Crippen molar-refractivity contribution in [1.82, 2.24) is 15.0 Å². The number of rotatable bonds is 10. The molecule has 0 atom stereocenters. The number of hydrogen-bond donors (Lipinski definition) is 3. The van der Waals surface area contributed by atoms with Crippen LogP contribution in [0.15, 0.2) is 105 Å². The third-order valence-corrected chi connectivity index (χ3v) is 7.25. The van der Waals surface area contributed by atoms with Crippen LogP contribution in [0.1, 0.15) is 11.1 Å². The van der Waals surface area contributed by atoms with Gasteiger partial charge in [-0.2, -0.15) is 20.1 Å². The molecule has 12 heteroatoms. The lowest BCUT2D eigenvalue weighted by Gasteiger charge is -2.12. The number of anilines is 5. The Kier molecular flexibility index (Phi) is 9.68. The maximum absolute atomic E-state index is 6.27. The monoisotopic (exact) mass is 711 g/mol. The van der Waals surface area contributed by atoms with E-state index in [1.54, 1.807) is 18.3 Å². The summed E-state index contributed by atoms with van der Waals surface area (Å²) in [6.07, 6.45) is 1.65. The molecule has 1 heterocycles. The van der Waals surface area contributed by atoms with Crippen molar-refractivity contribution < 1.29 is 4.74 Å². The largest absolute Gasteiger partial charge is 0.486 e. The lowest BCUT2D eigenvalue weighted by molar-refractivity contribution is 0.302. The fourth-order valence-electron chi connectivity index (χ4n) is 3.58. The van der Waals surface area contributed by atoms with Crippen molar-refractivity contribution in [2.45, 2.75) is 6.61 Å². The minimum absolute atomic E-state index is 0.256. The summed E-state index contributed by atoms with van der Waals surface area (Å²) < 4.78 is 7.48. The van der Waals surface area contributed by atoms with Crippen molar-refractivity contribution in [3.63, 3.8) is 0 Å². The second kappa shape index (κ2) is 13.8. The van der Waals surface area contributed by atoms with E-state index < -0.39 is 0 Å². The van der Waals surface area contributed by atoms with Crippen LogP contribution in [0.4, 0.5) is 29.2 Å². The molecule has 0 aliphatic carbocycles. The highest BCUT2D eigenvalue weighted by Crippen LogP contribution is 2.35. The Hall–Kier alpha value is -3.70. The second-order valence-corrected chi connectivity index (χ2v) is 11.0. The molecule has 3 N–H and O–H groups in total. The third kappa shape index (κ3) is 8.17. The zero-order chi connectivity index (χ0) is 28.6. The normalized spacial score (nSPS) is 10.9. The van der Waals surface area contributed by atoms with Gasteiger partial charge in [-0.15, -0.1) is 0 Å². The van der Waals surface area contributed by atoms with Crippen molar-refractivity contribution in [1.29, 1.82) is 0 Å². The zero-order valence-corrected chi connectivity index (χ0v) is 25.8. The number of hydrazone groups is 1. The van der Waals surface area contributed by atoms with Crippen LogP contribution < -0.4 is 20.8 Å². The maximum atomic E-state index is 6.27. The van der Waals surface area contributed by atoms with E-state index in [1.165, 1.54) is 0 Å². The van der Waals surface area contributed by atoms with Gasteiger partial charge in [-0.25, -0.2) is 5.43 Å². The Balaban J connectivity index is 1.31. The SMILES string of the molecule is Clc1ccc(COc2c(Br)cc(C=NNc3nc(Nc4ccccc4)nc(Nc4ccccc4)n3)cc2Br)c(Cl)c1. The van der Waals surface area contributed by atoms with Gasteiger partial charge >= 0.3 is 0 Å². The lowest BCUT2D eigenvalue weighted by Crippen LogP contribution is -2.07. The fraction of sp³-hybridized carbons (Fsp3) is 0.0345. The molecule has 0 spiro atoms. The van der Waals surface area contributed by atoms with Gasteiger partial charge in [0.1, 0.15) is 12.4 Å². The molecule has 0 bridgehead atoms. The van der Waals surface area contributed by atoms with Crippen LogP contribution in [-0.2, 0) is 6.61 Å². The molecule has 0 amide bonds. The Labute approximate surface area is 263 Å². The molecule has 0 saturated heterocycles. The number of halogens is 4. The number of nitrogens with one attached hydrogen (secondary N) is 3. The minimum atomic E-state index is 0.256. The Morgan fingerprint density at radius 1 is 0.732 bits per heavy atom. The molecule has 0 saturated carbocycles. The zero-order valence-electron chi connectivity index (χ0n) is 21.2. The second-order valence-electron chi connectivity index (χ2n) is 8.50. The van der Waals surface area contributed by atoms with Crippen molar-refractivity contribution in [2.75, 3.05) is 16.1 Å². The number of hydrogen-bond acceptors (Lipinski definition) is 8. The van der Waals surface area contributed by atoms with E-state index in [0.29, 0.717) is 27.7 Å². The molecule has 5 aromatic rings. The minimum Gasteiger partial charge on any atom is -0.486 e. The third-order valence-electron chi connectivity index (χ3n) is 5.48. The Morgan fingerprint density at radius 3 is 1.85 bits per heavy atom. The van der Waals surface area contributed by atoms with Crippen LogP contribution in [-0.4, -0.2) is 21.2 Å². The van der Waals surface area contributed by atoms with Crippen LogP contribution in [0.5, 0.6) is 5.75 Å². The summed E-state index contributed by atoms with van der Waals surface area (Å²) >= 11 is 19.4. The summed E-state index contributed by atoms with van der Waals surface area (Å²) in [4.78, 5) is 13.4. The first-order valence-corrected chi connectivity index (χ1v) is 14.5. The first-order valence-electron chi connectivity index (χ1n) is 12.2. The molecule has 0 unspecified atom stereocenters. The van der Waals surface area contributed by atoms with Gasteiger partial charge in [-0.3, -0.25) is 0 Å². The number of nitrogens with zero attached hydrogens (tertiary/aromatic N) is 4. The molecule has 1 aromatic heterocycles. The van der Waals surface area contributed by atoms with Crippen LogP contribution in [0.3, 0.4) is 0 Å². The molecule has 0 radical (unpaired) electrons. The highest BCUT2D eigenvalue weighted by atomic mass is 79.9. The Bertz CT molecular complexity index is 1590. The number of benzene rings is 4. The first kappa shape index (κ1) is 28.8. The number of ether oxygens (including phenoxy) is 1. The van der Waals surface area contributed by atoms with E-state index in [2.05, 4.69) is 68.0 Å². The molecular formula is C29H21Br2Cl2N7O. The van der Waals surface area contributed by atoms with Crippen LogP contribution >= 0.6 is 55.1 Å². The fourth-order valence-corrected chi connectivity index (χ4v) is 5.50. The van der Waals surface area contributed by atoms with Crippen molar-refractivity contribution in [3.8, 4) is 5.75 Å². The van der Waals surface area contributed by atoms with Crippen molar-refractivity contribution >= 4 is 90.5 Å². The number of para-hydroxylation sites is 2. The van der Waals surface area contributed by atoms with E-state index in [9.17, 15) is 0 Å². The molecule has 0 aliphatic heterocycles. The van der Waals surface area contributed by atoms with Gasteiger partial charge in [0.05, 0.1) is 15.2 Å².